The molecule has 0 aliphatic rings. The summed E-state index contributed by atoms with van der Waals surface area (Å²) in [5.74, 6) is -1.02. The predicted molar refractivity (Wildman–Crippen MR) is 51.2 cm³/mol. The lowest BCUT2D eigenvalue weighted by Crippen LogP contribution is -1.97. The molecule has 2 aromatic heterocycles. The van der Waals surface area contributed by atoms with Crippen molar-refractivity contribution in [2.45, 2.75) is 0 Å². The zero-order valence-corrected chi connectivity index (χ0v) is 7.95. The summed E-state index contributed by atoms with van der Waals surface area (Å²) in [5, 5.41) is 13.0. The molecule has 0 radical (unpaired) electrons. The molecule has 0 atom stereocenters. The van der Waals surface area contributed by atoms with Gasteiger partial charge in [-0.15, -0.1) is 0 Å². The summed E-state index contributed by atoms with van der Waals surface area (Å²) in [6.45, 7) is 0. The summed E-state index contributed by atoms with van der Waals surface area (Å²) in [6, 6.07) is 0. The number of carboxylic acid groups (broad SMARTS) is 1. The highest BCUT2D eigenvalue weighted by atomic mass is 16.4. The minimum absolute atomic E-state index is 0.123. The van der Waals surface area contributed by atoms with Crippen LogP contribution in [0.15, 0.2) is 24.8 Å². The van der Waals surface area contributed by atoms with Crippen LogP contribution in [0.4, 0.5) is 0 Å². The van der Waals surface area contributed by atoms with Crippen LogP contribution >= 0.6 is 0 Å². The van der Waals surface area contributed by atoms with Gasteiger partial charge in [0.25, 0.3) is 0 Å². The number of carboxylic acids is 1. The fourth-order valence-electron chi connectivity index (χ4n) is 1.26. The van der Waals surface area contributed by atoms with E-state index in [4.69, 9.17) is 5.11 Å². The van der Waals surface area contributed by atoms with E-state index in [0.29, 0.717) is 11.4 Å². The largest absolute Gasteiger partial charge is 0.478 e. The van der Waals surface area contributed by atoms with Crippen molar-refractivity contribution in [3.8, 4) is 11.4 Å². The molecular weight excluding hydrogens is 196 g/mol. The molecule has 0 amide bonds. The molecule has 0 aromatic carbocycles. The van der Waals surface area contributed by atoms with Crippen molar-refractivity contribution in [3.05, 3.63) is 30.4 Å². The molecule has 76 valence electrons. The predicted octanol–water partition coefficient (Wildman–Crippen LogP) is 0.575. The fourth-order valence-corrected chi connectivity index (χ4v) is 1.26. The van der Waals surface area contributed by atoms with E-state index in [1.807, 2.05) is 0 Å². The van der Waals surface area contributed by atoms with Crippen molar-refractivity contribution in [3.63, 3.8) is 0 Å². The summed E-state index contributed by atoms with van der Waals surface area (Å²) in [4.78, 5) is 18.8. The van der Waals surface area contributed by atoms with Crippen molar-refractivity contribution < 1.29 is 9.90 Å². The summed E-state index contributed by atoms with van der Waals surface area (Å²) in [5.41, 5.74) is 0.909. The summed E-state index contributed by atoms with van der Waals surface area (Å²) in [6.07, 6.45) is 5.93. The first-order valence-corrected chi connectivity index (χ1v) is 4.22. The molecule has 0 spiro atoms. The quantitative estimate of drug-likeness (QED) is 0.773. The molecule has 0 fully saturated rings. The number of aryl methyl sites for hydroxylation is 1. The average molecular weight is 204 g/mol. The SMILES string of the molecule is Cn1cc(C(=O)O)c(-c2cnccn2)n1. The van der Waals surface area contributed by atoms with Gasteiger partial charge in [0, 0.05) is 25.6 Å². The first-order valence-electron chi connectivity index (χ1n) is 4.22. The molecule has 0 unspecified atom stereocenters. The van der Waals surface area contributed by atoms with Crippen LogP contribution in [-0.2, 0) is 7.05 Å². The van der Waals surface area contributed by atoms with Crippen LogP contribution in [0.3, 0.4) is 0 Å². The number of hydrogen-bond donors (Lipinski definition) is 1. The lowest BCUT2D eigenvalue weighted by atomic mass is 10.2. The third kappa shape index (κ3) is 1.69. The first kappa shape index (κ1) is 9.32. The minimum atomic E-state index is -1.02. The van der Waals surface area contributed by atoms with Crippen LogP contribution in [0.5, 0.6) is 0 Å². The third-order valence-electron chi connectivity index (χ3n) is 1.86. The Morgan fingerprint density at radius 2 is 2.27 bits per heavy atom. The van der Waals surface area contributed by atoms with E-state index in [1.165, 1.54) is 29.5 Å². The molecule has 2 heterocycles. The Labute approximate surface area is 85.2 Å². The number of aromatic nitrogens is 4. The van der Waals surface area contributed by atoms with Crippen LogP contribution < -0.4 is 0 Å². The second-order valence-corrected chi connectivity index (χ2v) is 2.96. The molecule has 2 aromatic rings. The molecule has 0 bridgehead atoms. The van der Waals surface area contributed by atoms with Crippen molar-refractivity contribution in [1.82, 2.24) is 19.7 Å². The van der Waals surface area contributed by atoms with E-state index < -0.39 is 5.97 Å². The van der Waals surface area contributed by atoms with Crippen molar-refractivity contribution >= 4 is 5.97 Å². The number of carbonyl (C=O) groups is 1. The number of hydrogen-bond acceptors (Lipinski definition) is 4. The maximum atomic E-state index is 10.9. The summed E-state index contributed by atoms with van der Waals surface area (Å²) < 4.78 is 1.44. The Morgan fingerprint density at radius 3 is 2.87 bits per heavy atom. The van der Waals surface area contributed by atoms with Crippen molar-refractivity contribution in [2.75, 3.05) is 0 Å². The Hall–Kier alpha value is -2.24. The molecule has 2 rings (SSSR count). The highest BCUT2D eigenvalue weighted by molar-refractivity contribution is 5.93. The first-order chi connectivity index (χ1) is 7.18. The Kier molecular flexibility index (Phi) is 2.17. The van der Waals surface area contributed by atoms with Crippen LogP contribution in [0, 0.1) is 0 Å². The highest BCUT2D eigenvalue weighted by Gasteiger charge is 2.16. The van der Waals surface area contributed by atoms with E-state index in [-0.39, 0.29) is 5.56 Å². The standard InChI is InChI=1S/C9H8N4O2/c1-13-5-6(9(14)15)8(12-13)7-4-10-2-3-11-7/h2-5H,1H3,(H,14,15). The molecule has 0 saturated carbocycles. The molecule has 15 heavy (non-hydrogen) atoms. The van der Waals surface area contributed by atoms with E-state index in [0.717, 1.165) is 0 Å². The van der Waals surface area contributed by atoms with Gasteiger partial charge in [-0.3, -0.25) is 14.6 Å². The van der Waals surface area contributed by atoms with E-state index in [9.17, 15) is 4.79 Å². The van der Waals surface area contributed by atoms with Crippen molar-refractivity contribution in [1.29, 1.82) is 0 Å². The summed E-state index contributed by atoms with van der Waals surface area (Å²) in [7, 11) is 1.66. The van der Waals surface area contributed by atoms with E-state index in [2.05, 4.69) is 15.1 Å². The zero-order chi connectivity index (χ0) is 10.8. The number of nitrogens with zero attached hydrogens (tertiary/aromatic N) is 4. The normalized spacial score (nSPS) is 10.2. The zero-order valence-electron chi connectivity index (χ0n) is 7.95. The molecule has 6 heteroatoms. The third-order valence-corrected chi connectivity index (χ3v) is 1.86. The van der Waals surface area contributed by atoms with Crippen LogP contribution in [-0.4, -0.2) is 30.8 Å². The number of rotatable bonds is 2. The van der Waals surface area contributed by atoms with E-state index >= 15 is 0 Å². The Bertz CT molecular complexity index is 492. The van der Waals surface area contributed by atoms with Gasteiger partial charge in [0.15, 0.2) is 0 Å². The lowest BCUT2D eigenvalue weighted by Gasteiger charge is -1.95. The van der Waals surface area contributed by atoms with Crippen molar-refractivity contribution in [2.24, 2.45) is 7.05 Å². The van der Waals surface area contributed by atoms with Crippen LogP contribution in [0.2, 0.25) is 0 Å². The van der Waals surface area contributed by atoms with Gasteiger partial charge < -0.3 is 5.11 Å². The Morgan fingerprint density at radius 1 is 1.47 bits per heavy atom. The molecule has 6 nitrogen and oxygen atoms in total. The smallest absolute Gasteiger partial charge is 0.339 e. The molecule has 0 aliphatic carbocycles. The van der Waals surface area contributed by atoms with Gasteiger partial charge in [0.2, 0.25) is 0 Å². The van der Waals surface area contributed by atoms with Gasteiger partial charge in [-0.1, -0.05) is 0 Å². The molecule has 0 aliphatic heterocycles. The summed E-state index contributed by atoms with van der Waals surface area (Å²) >= 11 is 0. The van der Waals surface area contributed by atoms with Gasteiger partial charge in [-0.2, -0.15) is 5.10 Å². The van der Waals surface area contributed by atoms with Gasteiger partial charge in [-0.05, 0) is 0 Å². The number of aromatic carboxylic acids is 1. The van der Waals surface area contributed by atoms with Gasteiger partial charge in [0.05, 0.1) is 6.20 Å². The van der Waals surface area contributed by atoms with Gasteiger partial charge in [-0.25, -0.2) is 4.79 Å². The monoisotopic (exact) mass is 204 g/mol. The van der Waals surface area contributed by atoms with E-state index in [1.54, 1.807) is 7.05 Å². The minimum Gasteiger partial charge on any atom is -0.478 e. The fraction of sp³-hybridized carbons (Fsp3) is 0.111. The lowest BCUT2D eigenvalue weighted by molar-refractivity contribution is 0.0697. The second kappa shape index (κ2) is 3.49. The van der Waals surface area contributed by atoms with Crippen LogP contribution in [0.1, 0.15) is 10.4 Å². The van der Waals surface area contributed by atoms with Gasteiger partial charge in [0.1, 0.15) is 17.0 Å². The molecular formula is C9H8N4O2. The maximum Gasteiger partial charge on any atom is 0.339 e. The molecule has 0 saturated heterocycles. The van der Waals surface area contributed by atoms with Crippen LogP contribution in [0.25, 0.3) is 11.4 Å². The second-order valence-electron chi connectivity index (χ2n) is 2.96. The maximum absolute atomic E-state index is 10.9. The van der Waals surface area contributed by atoms with Gasteiger partial charge >= 0.3 is 5.97 Å². The average Bonchev–Trinajstić information content (AvgIpc) is 2.62. The topological polar surface area (TPSA) is 80.9 Å². The Balaban J connectivity index is 2.58. The molecule has 1 N–H and O–H groups in total. The highest BCUT2D eigenvalue weighted by Crippen LogP contribution is 2.18.